The number of hydrogen-bond acceptors (Lipinski definition) is 4. The molecule has 0 unspecified atom stereocenters. The number of ether oxygens (including phenoxy) is 1. The van der Waals surface area contributed by atoms with Crippen LogP contribution < -0.4 is 10.1 Å². The first kappa shape index (κ1) is 16.5. The minimum atomic E-state index is -4.76. The van der Waals surface area contributed by atoms with Gasteiger partial charge in [0.15, 0.2) is 0 Å². The van der Waals surface area contributed by atoms with Gasteiger partial charge in [0.25, 0.3) is 5.91 Å². The van der Waals surface area contributed by atoms with E-state index in [1.807, 2.05) is 18.2 Å². The minimum Gasteiger partial charge on any atom is -0.406 e. The SMILES string of the molecule is O=C(Nc1ccc(OC(F)(F)F)cc1)c1ncn(-c2ccccc2)n1. The van der Waals surface area contributed by atoms with Gasteiger partial charge in [-0.25, -0.2) is 9.67 Å². The number of rotatable bonds is 4. The van der Waals surface area contributed by atoms with Crippen molar-refractivity contribution in [3.63, 3.8) is 0 Å². The van der Waals surface area contributed by atoms with Crippen LogP contribution in [0.3, 0.4) is 0 Å². The van der Waals surface area contributed by atoms with E-state index in [4.69, 9.17) is 0 Å². The molecule has 128 valence electrons. The number of halogens is 3. The molecule has 0 spiro atoms. The maximum absolute atomic E-state index is 12.1. The smallest absolute Gasteiger partial charge is 0.406 e. The molecule has 0 atom stereocenters. The number of carbonyl (C=O) groups is 1. The molecule has 0 saturated heterocycles. The number of amides is 1. The molecule has 6 nitrogen and oxygen atoms in total. The molecule has 0 aliphatic heterocycles. The van der Waals surface area contributed by atoms with Crippen molar-refractivity contribution >= 4 is 11.6 Å². The Morgan fingerprint density at radius 1 is 1.04 bits per heavy atom. The number of para-hydroxylation sites is 1. The number of carbonyl (C=O) groups excluding carboxylic acids is 1. The molecule has 0 radical (unpaired) electrons. The second-order valence-electron chi connectivity index (χ2n) is 4.87. The highest BCUT2D eigenvalue weighted by Crippen LogP contribution is 2.24. The number of benzene rings is 2. The van der Waals surface area contributed by atoms with Crippen LogP contribution >= 0.6 is 0 Å². The van der Waals surface area contributed by atoms with E-state index in [2.05, 4.69) is 20.1 Å². The third-order valence-electron chi connectivity index (χ3n) is 3.06. The van der Waals surface area contributed by atoms with Crippen molar-refractivity contribution in [3.8, 4) is 11.4 Å². The molecule has 0 saturated carbocycles. The fourth-order valence-electron chi connectivity index (χ4n) is 2.00. The fourth-order valence-corrected chi connectivity index (χ4v) is 2.00. The van der Waals surface area contributed by atoms with Gasteiger partial charge in [0, 0.05) is 5.69 Å². The monoisotopic (exact) mass is 348 g/mol. The molecule has 3 rings (SSSR count). The fraction of sp³-hybridized carbons (Fsp3) is 0.0625. The summed E-state index contributed by atoms with van der Waals surface area (Å²) in [6.07, 6.45) is -3.37. The summed E-state index contributed by atoms with van der Waals surface area (Å²) >= 11 is 0. The number of anilines is 1. The van der Waals surface area contributed by atoms with Crippen LogP contribution in [0, 0.1) is 0 Å². The zero-order valence-corrected chi connectivity index (χ0v) is 12.6. The third-order valence-corrected chi connectivity index (χ3v) is 3.06. The molecule has 1 aromatic heterocycles. The second kappa shape index (κ2) is 6.63. The molecule has 25 heavy (non-hydrogen) atoms. The average molecular weight is 348 g/mol. The molecule has 3 aromatic rings. The summed E-state index contributed by atoms with van der Waals surface area (Å²) in [5.41, 5.74) is 1.03. The van der Waals surface area contributed by atoms with E-state index in [0.29, 0.717) is 0 Å². The van der Waals surface area contributed by atoms with E-state index >= 15 is 0 Å². The van der Waals surface area contributed by atoms with Gasteiger partial charge in [-0.2, -0.15) is 0 Å². The van der Waals surface area contributed by atoms with Crippen molar-refractivity contribution in [3.05, 3.63) is 66.7 Å². The van der Waals surface area contributed by atoms with E-state index in [1.165, 1.54) is 23.1 Å². The zero-order valence-electron chi connectivity index (χ0n) is 12.6. The van der Waals surface area contributed by atoms with Crippen LogP contribution in [0.4, 0.5) is 18.9 Å². The average Bonchev–Trinajstić information content (AvgIpc) is 3.06. The van der Waals surface area contributed by atoms with E-state index in [-0.39, 0.29) is 17.3 Å². The molecule has 0 aliphatic carbocycles. The van der Waals surface area contributed by atoms with Crippen LogP contribution in [0.5, 0.6) is 5.75 Å². The Hall–Kier alpha value is -3.36. The number of nitrogens with one attached hydrogen (secondary N) is 1. The zero-order chi connectivity index (χ0) is 17.9. The molecule has 0 bridgehead atoms. The van der Waals surface area contributed by atoms with Crippen LogP contribution in [0.1, 0.15) is 10.6 Å². The Morgan fingerprint density at radius 3 is 2.36 bits per heavy atom. The van der Waals surface area contributed by atoms with Crippen LogP contribution in [0.2, 0.25) is 0 Å². The maximum atomic E-state index is 12.1. The highest BCUT2D eigenvalue weighted by atomic mass is 19.4. The van der Waals surface area contributed by atoms with Gasteiger partial charge in [-0.15, -0.1) is 18.3 Å². The van der Waals surface area contributed by atoms with Gasteiger partial charge in [0.1, 0.15) is 12.1 Å². The van der Waals surface area contributed by atoms with Crippen molar-refractivity contribution in [1.82, 2.24) is 14.8 Å². The molecule has 0 fully saturated rings. The molecule has 0 aliphatic rings. The van der Waals surface area contributed by atoms with Gasteiger partial charge in [-0.05, 0) is 36.4 Å². The Labute approximate surface area is 139 Å². The molecule has 1 amide bonds. The molecule has 2 aromatic carbocycles. The summed E-state index contributed by atoms with van der Waals surface area (Å²) in [6, 6.07) is 13.9. The summed E-state index contributed by atoms with van der Waals surface area (Å²) in [6.45, 7) is 0. The number of nitrogens with zero attached hydrogens (tertiary/aromatic N) is 3. The van der Waals surface area contributed by atoms with Gasteiger partial charge >= 0.3 is 6.36 Å². The summed E-state index contributed by atoms with van der Waals surface area (Å²) in [7, 11) is 0. The van der Waals surface area contributed by atoms with Crippen LogP contribution in [-0.2, 0) is 0 Å². The Balaban J connectivity index is 1.67. The highest BCUT2D eigenvalue weighted by molar-refractivity contribution is 6.01. The highest BCUT2D eigenvalue weighted by Gasteiger charge is 2.31. The molecule has 1 heterocycles. The van der Waals surface area contributed by atoms with E-state index < -0.39 is 12.3 Å². The van der Waals surface area contributed by atoms with Crippen molar-refractivity contribution in [2.75, 3.05) is 5.32 Å². The van der Waals surface area contributed by atoms with Gasteiger partial charge < -0.3 is 10.1 Å². The van der Waals surface area contributed by atoms with Crippen LogP contribution in [-0.4, -0.2) is 27.0 Å². The maximum Gasteiger partial charge on any atom is 0.573 e. The molecule has 9 heteroatoms. The van der Waals surface area contributed by atoms with E-state index in [1.54, 1.807) is 12.1 Å². The topological polar surface area (TPSA) is 69.0 Å². The minimum absolute atomic E-state index is 0.0699. The standard InChI is InChI=1S/C16H11F3N4O2/c17-16(18,19)25-13-8-6-11(7-9-13)21-15(24)14-20-10-23(22-14)12-4-2-1-3-5-12/h1-10H,(H,21,24). The summed E-state index contributed by atoms with van der Waals surface area (Å²) in [4.78, 5) is 16.0. The summed E-state index contributed by atoms with van der Waals surface area (Å²) < 4.78 is 41.5. The van der Waals surface area contributed by atoms with Crippen molar-refractivity contribution in [1.29, 1.82) is 0 Å². The largest absolute Gasteiger partial charge is 0.573 e. The lowest BCUT2D eigenvalue weighted by molar-refractivity contribution is -0.274. The predicted octanol–water partition coefficient (Wildman–Crippen LogP) is 3.42. The van der Waals surface area contributed by atoms with Crippen molar-refractivity contribution < 1.29 is 22.7 Å². The normalized spacial score (nSPS) is 11.2. The molecular weight excluding hydrogens is 337 g/mol. The van der Waals surface area contributed by atoms with Gasteiger partial charge in [-0.1, -0.05) is 18.2 Å². The van der Waals surface area contributed by atoms with Gasteiger partial charge in [-0.3, -0.25) is 4.79 Å². The van der Waals surface area contributed by atoms with E-state index in [9.17, 15) is 18.0 Å². The number of alkyl halides is 3. The van der Waals surface area contributed by atoms with Crippen LogP contribution in [0.25, 0.3) is 5.69 Å². The lowest BCUT2D eigenvalue weighted by Gasteiger charge is -2.09. The second-order valence-corrected chi connectivity index (χ2v) is 4.87. The lowest BCUT2D eigenvalue weighted by Crippen LogP contribution is -2.17. The number of hydrogen-bond donors (Lipinski definition) is 1. The predicted molar refractivity (Wildman–Crippen MR) is 82.4 cm³/mol. The lowest BCUT2D eigenvalue weighted by atomic mass is 10.3. The van der Waals surface area contributed by atoms with Crippen molar-refractivity contribution in [2.45, 2.75) is 6.36 Å². The van der Waals surface area contributed by atoms with E-state index in [0.717, 1.165) is 17.8 Å². The first-order chi connectivity index (χ1) is 11.9. The third kappa shape index (κ3) is 4.34. The molecular formula is C16H11F3N4O2. The summed E-state index contributed by atoms with van der Waals surface area (Å²) in [5.74, 6) is -1.03. The Morgan fingerprint density at radius 2 is 1.72 bits per heavy atom. The Bertz CT molecular complexity index is 861. The first-order valence-electron chi connectivity index (χ1n) is 7.05. The van der Waals surface area contributed by atoms with Crippen molar-refractivity contribution in [2.24, 2.45) is 0 Å². The quantitative estimate of drug-likeness (QED) is 0.784. The van der Waals surface area contributed by atoms with Crippen LogP contribution in [0.15, 0.2) is 60.9 Å². The van der Waals surface area contributed by atoms with Gasteiger partial charge in [0.05, 0.1) is 5.69 Å². The number of aromatic nitrogens is 3. The Kier molecular flexibility index (Phi) is 4.38. The molecule has 1 N–H and O–H groups in total. The summed E-state index contributed by atoms with van der Waals surface area (Å²) in [5, 5.41) is 6.56. The van der Waals surface area contributed by atoms with Gasteiger partial charge in [0.2, 0.25) is 5.82 Å². The first-order valence-corrected chi connectivity index (χ1v) is 7.05.